The van der Waals surface area contributed by atoms with Gasteiger partial charge in [0.25, 0.3) is 0 Å². The molecule has 96 valence electrons. The predicted octanol–water partition coefficient (Wildman–Crippen LogP) is 1.41. The number of allylic oxidation sites excluding steroid dienone is 1. The number of carbonyl (C=O) groups excluding carboxylic acids is 3. The van der Waals surface area contributed by atoms with E-state index in [1.807, 2.05) is 0 Å². The Balaban J connectivity index is 3.71. The lowest BCUT2D eigenvalue weighted by molar-refractivity contribution is -0.145. The van der Waals surface area contributed by atoms with Crippen LogP contribution in [0, 0.1) is 0 Å². The summed E-state index contributed by atoms with van der Waals surface area (Å²) in [6.45, 7) is 4.00. The van der Waals surface area contributed by atoms with Crippen LogP contribution in [0.4, 0.5) is 0 Å². The highest BCUT2D eigenvalue weighted by Crippen LogP contribution is 1.99. The molecule has 17 heavy (non-hydrogen) atoms. The lowest BCUT2D eigenvalue weighted by atomic mass is 10.1. The second-order valence-electron chi connectivity index (χ2n) is 3.21. The molecule has 0 heterocycles. The molecular weight excluding hydrogens is 224 g/mol. The van der Waals surface area contributed by atoms with E-state index < -0.39 is 11.9 Å². The van der Waals surface area contributed by atoms with Crippen molar-refractivity contribution < 1.29 is 23.9 Å². The van der Waals surface area contributed by atoms with Gasteiger partial charge in [0.2, 0.25) is 0 Å². The fraction of sp³-hybridized carbons (Fsp3) is 0.583. The van der Waals surface area contributed by atoms with Crippen LogP contribution in [0.3, 0.4) is 0 Å². The van der Waals surface area contributed by atoms with Gasteiger partial charge in [0.1, 0.15) is 12.2 Å². The monoisotopic (exact) mass is 242 g/mol. The molecular formula is C12H18O5. The molecule has 0 saturated heterocycles. The van der Waals surface area contributed by atoms with Gasteiger partial charge in [0, 0.05) is 12.5 Å². The average Bonchev–Trinajstić information content (AvgIpc) is 2.25. The van der Waals surface area contributed by atoms with Crippen molar-refractivity contribution in [1.29, 1.82) is 0 Å². The number of ketones is 1. The van der Waals surface area contributed by atoms with Crippen molar-refractivity contribution in [1.82, 2.24) is 0 Å². The Morgan fingerprint density at radius 3 is 2.29 bits per heavy atom. The summed E-state index contributed by atoms with van der Waals surface area (Å²) in [5, 5.41) is 0. The number of carbonyl (C=O) groups is 3. The molecule has 0 aliphatic rings. The van der Waals surface area contributed by atoms with Gasteiger partial charge >= 0.3 is 11.9 Å². The lowest BCUT2D eigenvalue weighted by Crippen LogP contribution is -2.10. The molecule has 0 aromatic carbocycles. The first-order valence-corrected chi connectivity index (χ1v) is 5.60. The third-order valence-corrected chi connectivity index (χ3v) is 1.78. The number of Topliss-reactive ketones (excluding diaryl/α,β-unsaturated/α-hetero) is 1. The summed E-state index contributed by atoms with van der Waals surface area (Å²) in [6.07, 6.45) is 3.26. The summed E-state index contributed by atoms with van der Waals surface area (Å²) in [6, 6.07) is 0. The SMILES string of the molecule is CCOC(=O)/C=C/CCC(=O)CC(=O)OCC. The van der Waals surface area contributed by atoms with Crippen molar-refractivity contribution in [3.05, 3.63) is 12.2 Å². The maximum Gasteiger partial charge on any atom is 0.330 e. The number of hydrogen-bond acceptors (Lipinski definition) is 5. The van der Waals surface area contributed by atoms with Gasteiger partial charge in [-0.25, -0.2) is 4.79 Å². The second-order valence-corrected chi connectivity index (χ2v) is 3.21. The minimum Gasteiger partial charge on any atom is -0.466 e. The number of ether oxygens (including phenoxy) is 2. The van der Waals surface area contributed by atoms with E-state index in [2.05, 4.69) is 9.47 Å². The fourth-order valence-corrected chi connectivity index (χ4v) is 1.08. The van der Waals surface area contributed by atoms with Gasteiger partial charge < -0.3 is 9.47 Å². The van der Waals surface area contributed by atoms with Crippen LogP contribution in [0.5, 0.6) is 0 Å². The zero-order valence-electron chi connectivity index (χ0n) is 10.2. The van der Waals surface area contributed by atoms with Crippen LogP contribution in [0.25, 0.3) is 0 Å². The van der Waals surface area contributed by atoms with E-state index in [-0.39, 0.29) is 25.2 Å². The van der Waals surface area contributed by atoms with Crippen molar-refractivity contribution in [3.8, 4) is 0 Å². The van der Waals surface area contributed by atoms with E-state index in [1.165, 1.54) is 6.08 Å². The van der Waals surface area contributed by atoms with Crippen molar-refractivity contribution in [3.63, 3.8) is 0 Å². The van der Waals surface area contributed by atoms with Crippen LogP contribution in [-0.4, -0.2) is 30.9 Å². The molecule has 0 aliphatic carbocycles. The molecule has 5 heteroatoms. The van der Waals surface area contributed by atoms with Gasteiger partial charge in [-0.3, -0.25) is 9.59 Å². The Bertz CT molecular complexity index is 293. The molecule has 0 rings (SSSR count). The highest BCUT2D eigenvalue weighted by molar-refractivity contribution is 5.95. The molecule has 0 spiro atoms. The highest BCUT2D eigenvalue weighted by atomic mass is 16.5. The Morgan fingerprint density at radius 1 is 1.06 bits per heavy atom. The molecule has 0 N–H and O–H groups in total. The quantitative estimate of drug-likeness (QED) is 0.365. The minimum absolute atomic E-state index is 0.197. The summed E-state index contributed by atoms with van der Waals surface area (Å²) in [4.78, 5) is 33.1. The fourth-order valence-electron chi connectivity index (χ4n) is 1.08. The number of esters is 2. The minimum atomic E-state index is -0.508. The zero-order chi connectivity index (χ0) is 13.1. The van der Waals surface area contributed by atoms with Crippen molar-refractivity contribution in [2.45, 2.75) is 33.1 Å². The average molecular weight is 242 g/mol. The standard InChI is InChI=1S/C12H18O5/c1-3-16-11(14)8-6-5-7-10(13)9-12(15)17-4-2/h6,8H,3-5,7,9H2,1-2H3/b8-6+. The zero-order valence-corrected chi connectivity index (χ0v) is 10.2. The van der Waals surface area contributed by atoms with Crippen molar-refractivity contribution in [2.24, 2.45) is 0 Å². The summed E-state index contributed by atoms with van der Waals surface area (Å²) in [5.74, 6) is -1.13. The Kier molecular flexibility index (Phi) is 8.64. The van der Waals surface area contributed by atoms with Crippen LogP contribution in [0.15, 0.2) is 12.2 Å². The molecule has 0 saturated carbocycles. The molecule has 0 atom stereocenters. The van der Waals surface area contributed by atoms with Crippen LogP contribution in [-0.2, 0) is 23.9 Å². The van der Waals surface area contributed by atoms with Gasteiger partial charge in [-0.1, -0.05) is 6.08 Å². The van der Waals surface area contributed by atoms with E-state index >= 15 is 0 Å². The summed E-state index contributed by atoms with van der Waals surface area (Å²) in [7, 11) is 0. The van der Waals surface area contributed by atoms with E-state index in [4.69, 9.17) is 0 Å². The van der Waals surface area contributed by atoms with E-state index in [0.29, 0.717) is 13.0 Å². The summed E-state index contributed by atoms with van der Waals surface area (Å²) >= 11 is 0. The molecule has 0 radical (unpaired) electrons. The van der Waals surface area contributed by atoms with Crippen LogP contribution in [0.2, 0.25) is 0 Å². The molecule has 0 aromatic heterocycles. The molecule has 0 aliphatic heterocycles. The Morgan fingerprint density at radius 2 is 1.71 bits per heavy atom. The smallest absolute Gasteiger partial charge is 0.330 e. The van der Waals surface area contributed by atoms with Gasteiger partial charge in [-0.05, 0) is 20.3 Å². The first-order valence-electron chi connectivity index (χ1n) is 5.60. The van der Waals surface area contributed by atoms with Gasteiger partial charge in [-0.2, -0.15) is 0 Å². The lowest BCUT2D eigenvalue weighted by Gasteiger charge is -1.99. The number of rotatable bonds is 8. The summed E-state index contributed by atoms with van der Waals surface area (Å²) < 4.78 is 9.30. The third-order valence-electron chi connectivity index (χ3n) is 1.78. The molecule has 0 amide bonds. The predicted molar refractivity (Wildman–Crippen MR) is 61.3 cm³/mol. The van der Waals surface area contributed by atoms with E-state index in [1.54, 1.807) is 19.9 Å². The second kappa shape index (κ2) is 9.57. The summed E-state index contributed by atoms with van der Waals surface area (Å²) in [5.41, 5.74) is 0. The van der Waals surface area contributed by atoms with E-state index in [0.717, 1.165) is 0 Å². The molecule has 0 unspecified atom stereocenters. The Labute approximate surface area is 101 Å². The topological polar surface area (TPSA) is 69.7 Å². The maximum absolute atomic E-state index is 11.2. The normalized spacial score (nSPS) is 10.2. The molecule has 0 fully saturated rings. The van der Waals surface area contributed by atoms with Crippen molar-refractivity contribution >= 4 is 17.7 Å². The Hall–Kier alpha value is -1.65. The van der Waals surface area contributed by atoms with Crippen LogP contribution >= 0.6 is 0 Å². The highest BCUT2D eigenvalue weighted by Gasteiger charge is 2.08. The first kappa shape index (κ1) is 15.3. The molecule has 5 nitrogen and oxygen atoms in total. The third kappa shape index (κ3) is 9.29. The van der Waals surface area contributed by atoms with Crippen LogP contribution in [0.1, 0.15) is 33.1 Å². The maximum atomic E-state index is 11.2. The molecule has 0 aromatic rings. The number of hydrogen-bond donors (Lipinski definition) is 0. The van der Waals surface area contributed by atoms with Crippen molar-refractivity contribution in [2.75, 3.05) is 13.2 Å². The van der Waals surface area contributed by atoms with Gasteiger partial charge in [-0.15, -0.1) is 0 Å². The largest absolute Gasteiger partial charge is 0.466 e. The van der Waals surface area contributed by atoms with Crippen LogP contribution < -0.4 is 0 Å². The van der Waals surface area contributed by atoms with Gasteiger partial charge in [0.05, 0.1) is 13.2 Å². The van der Waals surface area contributed by atoms with Gasteiger partial charge in [0.15, 0.2) is 0 Å². The molecule has 0 bridgehead atoms. The van der Waals surface area contributed by atoms with E-state index in [9.17, 15) is 14.4 Å². The first-order chi connectivity index (χ1) is 8.10.